The fraction of sp³-hybridized carbons (Fsp3) is 0.409. The molecule has 2 aromatic rings. The highest BCUT2D eigenvalue weighted by Crippen LogP contribution is 2.43. The summed E-state index contributed by atoms with van der Waals surface area (Å²) in [6, 6.07) is 4.26. The summed E-state index contributed by atoms with van der Waals surface area (Å²) in [5.74, 6) is -0.977. The fourth-order valence-corrected chi connectivity index (χ4v) is 4.81. The Morgan fingerprint density at radius 2 is 1.91 bits per heavy atom. The number of amides is 1. The van der Waals surface area contributed by atoms with Gasteiger partial charge in [-0.05, 0) is 62.6 Å². The van der Waals surface area contributed by atoms with Crippen molar-refractivity contribution in [2.75, 3.05) is 6.61 Å². The van der Waals surface area contributed by atoms with E-state index >= 15 is 0 Å². The SMILES string of the molecule is CCOC(=O)c1c(Sc2c(Cl)ccc3c2CN(C(=O)OC(C)(C)C)C3)cc(C(F)(F)Cl)[nH]c1=O. The number of hydrogen-bond donors (Lipinski definition) is 1. The van der Waals surface area contributed by atoms with Crippen molar-refractivity contribution in [2.45, 2.75) is 61.6 Å². The van der Waals surface area contributed by atoms with Crippen LogP contribution in [-0.2, 0) is 27.9 Å². The van der Waals surface area contributed by atoms with E-state index in [2.05, 4.69) is 0 Å². The number of pyridine rings is 1. The monoisotopic (exact) mass is 534 g/mol. The van der Waals surface area contributed by atoms with Crippen molar-refractivity contribution in [2.24, 2.45) is 0 Å². The van der Waals surface area contributed by atoms with Crippen LogP contribution >= 0.6 is 35.0 Å². The summed E-state index contributed by atoms with van der Waals surface area (Å²) >= 11 is 12.4. The van der Waals surface area contributed by atoms with Crippen molar-refractivity contribution in [3.05, 3.63) is 56.0 Å². The van der Waals surface area contributed by atoms with Crippen LogP contribution in [0, 0.1) is 0 Å². The summed E-state index contributed by atoms with van der Waals surface area (Å²) in [5.41, 5.74) is -1.68. The first-order chi connectivity index (χ1) is 15.7. The van der Waals surface area contributed by atoms with Crippen LogP contribution in [0.4, 0.5) is 13.6 Å². The highest BCUT2D eigenvalue weighted by Gasteiger charge is 2.34. The van der Waals surface area contributed by atoms with Gasteiger partial charge in [-0.1, -0.05) is 29.4 Å². The average Bonchev–Trinajstić information content (AvgIpc) is 3.13. The number of nitrogens with zero attached hydrogens (tertiary/aromatic N) is 1. The lowest BCUT2D eigenvalue weighted by Gasteiger charge is -2.24. The molecule has 0 aliphatic carbocycles. The molecule has 12 heteroatoms. The Morgan fingerprint density at radius 1 is 1.24 bits per heavy atom. The fourth-order valence-electron chi connectivity index (χ4n) is 3.26. The molecule has 0 atom stereocenters. The number of fused-ring (bicyclic) bond motifs is 1. The number of aromatic nitrogens is 1. The van der Waals surface area contributed by atoms with E-state index in [1.54, 1.807) is 39.8 Å². The molecule has 34 heavy (non-hydrogen) atoms. The molecule has 1 amide bonds. The van der Waals surface area contributed by atoms with Crippen LogP contribution in [-0.4, -0.2) is 34.2 Å². The second-order valence-corrected chi connectivity index (χ2v) is 10.4. The maximum Gasteiger partial charge on any atom is 0.410 e. The van der Waals surface area contributed by atoms with Crippen LogP contribution in [0.1, 0.15) is 54.9 Å². The van der Waals surface area contributed by atoms with E-state index in [4.69, 9.17) is 32.7 Å². The van der Waals surface area contributed by atoms with Crippen molar-refractivity contribution in [3.8, 4) is 0 Å². The number of carbonyl (C=O) groups is 2. The second kappa shape index (κ2) is 9.75. The van der Waals surface area contributed by atoms with Gasteiger partial charge in [-0.25, -0.2) is 9.59 Å². The van der Waals surface area contributed by atoms with Gasteiger partial charge >= 0.3 is 17.4 Å². The topological polar surface area (TPSA) is 88.7 Å². The van der Waals surface area contributed by atoms with E-state index in [-0.39, 0.29) is 29.6 Å². The summed E-state index contributed by atoms with van der Waals surface area (Å²) in [6.07, 6.45) is -0.525. The molecule has 0 bridgehead atoms. The van der Waals surface area contributed by atoms with Crippen molar-refractivity contribution >= 4 is 47.0 Å². The Labute approximate surface area is 208 Å². The number of aromatic amines is 1. The molecule has 1 aliphatic heterocycles. The third kappa shape index (κ3) is 5.84. The molecule has 0 saturated carbocycles. The van der Waals surface area contributed by atoms with E-state index in [0.717, 1.165) is 23.4 Å². The lowest BCUT2D eigenvalue weighted by Crippen LogP contribution is -2.33. The normalized spacial score (nSPS) is 13.6. The highest BCUT2D eigenvalue weighted by atomic mass is 35.5. The molecular weight excluding hydrogens is 513 g/mol. The quantitative estimate of drug-likeness (QED) is 0.379. The Bertz CT molecular complexity index is 1190. The van der Waals surface area contributed by atoms with Gasteiger partial charge in [0.05, 0.1) is 18.2 Å². The van der Waals surface area contributed by atoms with Gasteiger partial charge in [0.25, 0.3) is 5.56 Å². The summed E-state index contributed by atoms with van der Waals surface area (Å²) in [6.45, 7) is 7.17. The molecule has 3 rings (SSSR count). The van der Waals surface area contributed by atoms with Gasteiger partial charge in [-0.15, -0.1) is 0 Å². The summed E-state index contributed by atoms with van der Waals surface area (Å²) in [4.78, 5) is 41.3. The molecule has 0 fully saturated rings. The molecule has 7 nitrogen and oxygen atoms in total. The Kier molecular flexibility index (Phi) is 7.54. The maximum atomic E-state index is 13.8. The first-order valence-corrected chi connectivity index (χ1v) is 11.8. The predicted octanol–water partition coefficient (Wildman–Crippen LogP) is 5.90. The number of carbonyl (C=O) groups excluding carboxylic acids is 2. The third-order valence-corrected chi connectivity index (χ3v) is 6.51. The van der Waals surface area contributed by atoms with Gasteiger partial charge in [0.1, 0.15) is 16.9 Å². The molecule has 0 spiro atoms. The van der Waals surface area contributed by atoms with Crippen LogP contribution < -0.4 is 5.56 Å². The molecule has 2 heterocycles. The minimum Gasteiger partial charge on any atom is -0.462 e. The smallest absolute Gasteiger partial charge is 0.410 e. The Morgan fingerprint density at radius 3 is 2.50 bits per heavy atom. The van der Waals surface area contributed by atoms with Crippen LogP contribution in [0.15, 0.2) is 32.8 Å². The molecule has 0 saturated heterocycles. The van der Waals surface area contributed by atoms with Crippen LogP contribution in [0.5, 0.6) is 0 Å². The zero-order chi connectivity index (χ0) is 25.4. The van der Waals surface area contributed by atoms with Gasteiger partial charge in [0.2, 0.25) is 0 Å². The minimum absolute atomic E-state index is 0.0257. The van der Waals surface area contributed by atoms with Crippen molar-refractivity contribution < 1.29 is 27.8 Å². The highest BCUT2D eigenvalue weighted by molar-refractivity contribution is 7.99. The molecule has 0 radical (unpaired) electrons. The van der Waals surface area contributed by atoms with Gasteiger partial charge in [0, 0.05) is 16.3 Å². The van der Waals surface area contributed by atoms with Gasteiger partial charge < -0.3 is 14.5 Å². The second-order valence-electron chi connectivity index (χ2n) is 8.42. The number of benzene rings is 1. The van der Waals surface area contributed by atoms with Crippen molar-refractivity contribution in [3.63, 3.8) is 0 Å². The van der Waals surface area contributed by atoms with E-state index in [9.17, 15) is 23.2 Å². The molecule has 1 aromatic heterocycles. The lowest BCUT2D eigenvalue weighted by molar-refractivity contribution is 0.0241. The number of ether oxygens (including phenoxy) is 2. The molecule has 1 aromatic carbocycles. The molecule has 1 N–H and O–H groups in total. The van der Waals surface area contributed by atoms with Crippen LogP contribution in [0.25, 0.3) is 0 Å². The van der Waals surface area contributed by atoms with Crippen LogP contribution in [0.3, 0.4) is 0 Å². The number of alkyl halides is 3. The van der Waals surface area contributed by atoms with Gasteiger partial charge in [-0.2, -0.15) is 8.78 Å². The number of esters is 1. The average molecular weight is 535 g/mol. The van der Waals surface area contributed by atoms with E-state index in [0.29, 0.717) is 10.5 Å². The van der Waals surface area contributed by atoms with Gasteiger partial charge in [-0.3, -0.25) is 9.69 Å². The van der Waals surface area contributed by atoms with Crippen molar-refractivity contribution in [1.82, 2.24) is 9.88 Å². The number of halogens is 4. The van der Waals surface area contributed by atoms with E-state index in [1.807, 2.05) is 4.98 Å². The van der Waals surface area contributed by atoms with Crippen molar-refractivity contribution in [1.29, 1.82) is 0 Å². The number of hydrogen-bond acceptors (Lipinski definition) is 6. The van der Waals surface area contributed by atoms with E-state index < -0.39 is 39.9 Å². The molecule has 184 valence electrons. The van der Waals surface area contributed by atoms with Crippen LogP contribution in [0.2, 0.25) is 5.02 Å². The largest absolute Gasteiger partial charge is 0.462 e. The summed E-state index contributed by atoms with van der Waals surface area (Å²) in [7, 11) is 0. The number of H-pyrrole nitrogens is 1. The number of rotatable bonds is 5. The first kappa shape index (κ1) is 26.3. The zero-order valence-corrected chi connectivity index (χ0v) is 21.1. The zero-order valence-electron chi connectivity index (χ0n) is 18.8. The molecular formula is C22H22Cl2F2N2O5S. The summed E-state index contributed by atoms with van der Waals surface area (Å²) in [5, 5.41) is -3.62. The first-order valence-electron chi connectivity index (χ1n) is 10.2. The molecule has 0 unspecified atom stereocenters. The molecule has 1 aliphatic rings. The maximum absolute atomic E-state index is 13.8. The lowest BCUT2D eigenvalue weighted by atomic mass is 10.1. The van der Waals surface area contributed by atoms with Gasteiger partial charge in [0.15, 0.2) is 0 Å². The van der Waals surface area contributed by atoms with E-state index in [1.165, 1.54) is 4.90 Å². The Balaban J connectivity index is 2.06. The summed E-state index contributed by atoms with van der Waals surface area (Å²) < 4.78 is 38.0. The third-order valence-electron chi connectivity index (χ3n) is 4.67. The number of nitrogens with one attached hydrogen (secondary N) is 1. The minimum atomic E-state index is -3.88. The standard InChI is InChI=1S/C22H22Cl2F2N2O5S/c1-5-32-19(30)16-14(8-15(22(24,25)26)27-18(16)29)34-17-12-10-28(20(31)33-21(2,3)4)9-11(12)6-7-13(17)23/h6-8H,5,9-10H2,1-4H3,(H,27,29). The predicted molar refractivity (Wildman–Crippen MR) is 124 cm³/mol. The Hall–Kier alpha value is -2.30.